The van der Waals surface area contributed by atoms with Crippen LogP contribution >= 0.6 is 0 Å². The summed E-state index contributed by atoms with van der Waals surface area (Å²) >= 11 is 0. The molecule has 2 aliphatic rings. The fourth-order valence-corrected chi connectivity index (χ4v) is 10.5. The number of rotatable bonds is 23. The van der Waals surface area contributed by atoms with E-state index in [-0.39, 0.29) is 34.5 Å². The van der Waals surface area contributed by atoms with Gasteiger partial charge in [-0.1, -0.05) is 173 Å². The molecular formula is C71H92N2O9S. The number of carbonyl (C=O) groups excluding carboxylic acids is 2. The molecule has 0 radical (unpaired) electrons. The summed E-state index contributed by atoms with van der Waals surface area (Å²) in [5.41, 5.74) is 8.44. The predicted octanol–water partition coefficient (Wildman–Crippen LogP) is 16.8. The molecule has 0 aliphatic heterocycles. The molecule has 2 amide bonds. The lowest BCUT2D eigenvalue weighted by molar-refractivity contribution is -0.118. The smallest absolute Gasteiger partial charge is 0.425 e. The molecule has 0 saturated heterocycles. The lowest BCUT2D eigenvalue weighted by Crippen LogP contribution is -2.23. The van der Waals surface area contributed by atoms with E-state index >= 15 is 0 Å². The number of hydrogen-bond acceptors (Lipinski definition) is 9. The largest absolute Gasteiger partial charge is 0.494 e. The fraction of sp³-hybridized carbons (Fsp3) is 0.465. The molecule has 0 bridgehead atoms. The molecule has 6 aromatic rings. The Hall–Kier alpha value is -6.92. The second-order valence-corrected chi connectivity index (χ2v) is 24.9. The second-order valence-electron chi connectivity index (χ2n) is 24.5. The van der Waals surface area contributed by atoms with Crippen LogP contribution in [0.3, 0.4) is 0 Å². The van der Waals surface area contributed by atoms with Crippen molar-refractivity contribution < 1.29 is 41.2 Å². The number of ether oxygens (including phenoxy) is 4. The van der Waals surface area contributed by atoms with Crippen LogP contribution in [0.2, 0.25) is 0 Å². The van der Waals surface area contributed by atoms with E-state index in [9.17, 15) is 9.59 Å². The van der Waals surface area contributed by atoms with E-state index in [1.807, 2.05) is 72.8 Å². The molecule has 2 unspecified atom stereocenters. The van der Waals surface area contributed by atoms with Gasteiger partial charge in [-0.3, -0.25) is 9.59 Å². The van der Waals surface area contributed by atoms with Gasteiger partial charge in [-0.15, -0.1) is 12.6 Å². The highest BCUT2D eigenvalue weighted by atomic mass is 32.2. The number of benzene rings is 6. The topological polar surface area (TPSA) is 146 Å². The number of unbranched alkanes of at least 4 members (excludes halogenated alkanes) is 1. The van der Waals surface area contributed by atoms with Crippen LogP contribution in [-0.2, 0) is 43.9 Å². The molecule has 2 saturated carbocycles. The molecule has 0 spiro atoms. The Balaban J connectivity index is 0.000000250. The quantitative estimate of drug-likeness (QED) is 0.0599. The first-order valence-electron chi connectivity index (χ1n) is 30.3. The van der Waals surface area contributed by atoms with Crippen molar-refractivity contribution >= 4 is 33.8 Å². The van der Waals surface area contributed by atoms with Gasteiger partial charge in [0.25, 0.3) is 0 Å². The van der Waals surface area contributed by atoms with Crippen molar-refractivity contribution in [2.75, 3.05) is 37.1 Å². The molecule has 2 aliphatic carbocycles. The third kappa shape index (κ3) is 23.0. The lowest BCUT2D eigenvalue weighted by Gasteiger charge is -2.22. The van der Waals surface area contributed by atoms with Crippen molar-refractivity contribution in [2.24, 2.45) is 11.8 Å². The van der Waals surface area contributed by atoms with Crippen LogP contribution in [0.15, 0.2) is 146 Å². The van der Waals surface area contributed by atoms with E-state index < -0.39 is 10.6 Å². The van der Waals surface area contributed by atoms with Gasteiger partial charge in [0.1, 0.15) is 23.0 Å². The summed E-state index contributed by atoms with van der Waals surface area (Å²) in [6, 6.07) is 48.9. The predicted molar refractivity (Wildman–Crippen MR) is 336 cm³/mol. The first kappa shape index (κ1) is 65.2. The van der Waals surface area contributed by atoms with Gasteiger partial charge in [0, 0.05) is 11.4 Å². The van der Waals surface area contributed by atoms with Crippen LogP contribution in [0.25, 0.3) is 0 Å². The molecule has 2 fully saturated rings. The van der Waals surface area contributed by atoms with E-state index in [0.717, 1.165) is 95.7 Å². The molecule has 446 valence electrons. The van der Waals surface area contributed by atoms with Gasteiger partial charge in [-0.2, -0.15) is 0 Å². The Morgan fingerprint density at radius 1 is 0.446 bits per heavy atom. The third-order valence-electron chi connectivity index (χ3n) is 15.6. The summed E-state index contributed by atoms with van der Waals surface area (Å²) in [6.45, 7) is 20.5. The van der Waals surface area contributed by atoms with Gasteiger partial charge < -0.3 is 29.6 Å². The van der Waals surface area contributed by atoms with Crippen molar-refractivity contribution in [3.05, 3.63) is 179 Å². The molecule has 2 atom stereocenters. The molecule has 2 N–H and O–H groups in total. The maximum absolute atomic E-state index is 13.7. The normalized spacial score (nSPS) is 14.5. The van der Waals surface area contributed by atoms with Crippen LogP contribution in [0, 0.1) is 11.8 Å². The number of nitrogens with one attached hydrogen (secondary N) is 2. The summed E-state index contributed by atoms with van der Waals surface area (Å²) in [5.74, 6) is 4.12. The van der Waals surface area contributed by atoms with E-state index in [0.29, 0.717) is 31.3 Å². The van der Waals surface area contributed by atoms with Gasteiger partial charge in [-0.05, 0) is 180 Å². The van der Waals surface area contributed by atoms with Gasteiger partial charge in [0.05, 0.1) is 38.3 Å². The average molecular weight is 1150 g/mol. The minimum absolute atomic E-state index is 0.0114. The zero-order valence-corrected chi connectivity index (χ0v) is 51.5. The van der Waals surface area contributed by atoms with Crippen LogP contribution in [-0.4, -0.2) is 50.9 Å². The molecule has 12 heteroatoms. The fourth-order valence-electron chi connectivity index (χ4n) is 10.5. The van der Waals surface area contributed by atoms with E-state index in [4.69, 9.17) is 31.6 Å². The zero-order valence-electron chi connectivity index (χ0n) is 50.7. The van der Waals surface area contributed by atoms with Crippen molar-refractivity contribution in [2.45, 2.75) is 174 Å². The van der Waals surface area contributed by atoms with E-state index in [1.165, 1.54) is 75.3 Å². The Kier molecular flexibility index (Phi) is 26.2. The highest BCUT2D eigenvalue weighted by Crippen LogP contribution is 2.32. The number of amides is 2. The Bertz CT molecular complexity index is 2950. The SMILES string of the molecule is CCCCOc1ccc(CC(C(=O)Nc2ccc(OCC3CCCCC3)cc2)c2ccc(C(C)(C)C)cc2)cc1.CCCOc1ccc(CC(C(=O)Nc2ccc(OCC3CCCCC3)cc2)c2ccc(C(C)(C)C)cc2)cc1.O=S(=O)=O. The average Bonchev–Trinajstić information content (AvgIpc) is 3.48. The summed E-state index contributed by atoms with van der Waals surface area (Å²) in [4.78, 5) is 27.3. The molecule has 0 aromatic heterocycles. The highest BCUT2D eigenvalue weighted by molar-refractivity contribution is 7.59. The van der Waals surface area contributed by atoms with Gasteiger partial charge in [0.15, 0.2) is 0 Å². The Morgan fingerprint density at radius 2 is 0.771 bits per heavy atom. The first-order chi connectivity index (χ1) is 39.9. The minimum Gasteiger partial charge on any atom is -0.494 e. The Labute approximate surface area is 497 Å². The minimum atomic E-state index is -3.11. The van der Waals surface area contributed by atoms with Crippen molar-refractivity contribution in [3.8, 4) is 23.0 Å². The van der Waals surface area contributed by atoms with E-state index in [2.05, 4.69) is 139 Å². The van der Waals surface area contributed by atoms with Gasteiger partial charge >= 0.3 is 10.6 Å². The third-order valence-corrected chi connectivity index (χ3v) is 15.6. The maximum Gasteiger partial charge on any atom is 0.425 e. The standard InChI is InChI=1S/C36H47NO3.C35H45NO3.O3S/c1-5-6-24-39-32-20-12-27(13-21-32)25-34(29-14-16-30(17-15-29)36(2,3)4)35(38)37-31-18-22-33(23-19-31)40-26-28-10-8-7-9-11-28;1-5-23-38-31-19-11-26(12-20-31)24-33(28-13-15-29(16-14-28)35(2,3)4)34(37)36-30-17-21-32(22-18-30)39-25-27-9-7-6-8-10-27;1-4(2)3/h12-23,28,34H,5-11,24-26H2,1-4H3,(H,37,38);11-22,27,33H,5-10,23-25H2,1-4H3,(H,36,37);. The Morgan fingerprint density at radius 3 is 1.10 bits per heavy atom. The van der Waals surface area contributed by atoms with E-state index in [1.54, 1.807) is 0 Å². The molecular weight excluding hydrogens is 1060 g/mol. The van der Waals surface area contributed by atoms with Crippen LogP contribution in [0.5, 0.6) is 23.0 Å². The lowest BCUT2D eigenvalue weighted by atomic mass is 9.84. The summed E-state index contributed by atoms with van der Waals surface area (Å²) in [5, 5.41) is 6.32. The molecule has 8 rings (SSSR count). The summed E-state index contributed by atoms with van der Waals surface area (Å²) < 4.78 is 49.0. The van der Waals surface area contributed by atoms with Gasteiger partial charge in [0.2, 0.25) is 11.8 Å². The maximum atomic E-state index is 13.7. The second kappa shape index (κ2) is 33.4. The molecule has 83 heavy (non-hydrogen) atoms. The molecule has 11 nitrogen and oxygen atoms in total. The van der Waals surface area contributed by atoms with Gasteiger partial charge in [-0.25, -0.2) is 0 Å². The van der Waals surface area contributed by atoms with Crippen molar-refractivity contribution in [1.29, 1.82) is 0 Å². The molecule has 6 aromatic carbocycles. The van der Waals surface area contributed by atoms with Crippen LogP contribution < -0.4 is 29.6 Å². The highest BCUT2D eigenvalue weighted by Gasteiger charge is 2.25. The number of hydrogen-bond donors (Lipinski definition) is 2. The number of carbonyl (C=O) groups is 2. The zero-order chi connectivity index (χ0) is 59.6. The van der Waals surface area contributed by atoms with Crippen LogP contribution in [0.4, 0.5) is 11.4 Å². The number of anilines is 2. The van der Waals surface area contributed by atoms with Crippen molar-refractivity contribution in [1.82, 2.24) is 0 Å². The van der Waals surface area contributed by atoms with Crippen LogP contribution in [0.1, 0.15) is 184 Å². The monoisotopic (exact) mass is 1150 g/mol. The van der Waals surface area contributed by atoms with Crippen molar-refractivity contribution in [3.63, 3.8) is 0 Å². The summed E-state index contributed by atoms with van der Waals surface area (Å²) in [6.07, 6.45) is 17.4. The summed E-state index contributed by atoms with van der Waals surface area (Å²) in [7, 11) is -3.11. The first-order valence-corrected chi connectivity index (χ1v) is 31.3. The molecule has 0 heterocycles.